The SMILES string of the molecule is CCNC(=NCCCN1CC(C)CC(C)C1)N1CCC(C(=O)OCC)CC1.I. The van der Waals surface area contributed by atoms with Crippen LogP contribution in [0.2, 0.25) is 0 Å². The van der Waals surface area contributed by atoms with Gasteiger partial charge in [-0.2, -0.15) is 0 Å². The van der Waals surface area contributed by atoms with Crippen molar-refractivity contribution in [2.75, 3.05) is 52.4 Å². The van der Waals surface area contributed by atoms with Crippen LogP contribution in [0.1, 0.15) is 53.4 Å². The quantitative estimate of drug-likeness (QED) is 0.188. The highest BCUT2D eigenvalue weighted by atomic mass is 127. The Morgan fingerprint density at radius 2 is 1.79 bits per heavy atom. The Balaban J connectivity index is 0.00000392. The Morgan fingerprint density at radius 1 is 1.14 bits per heavy atom. The molecule has 0 radical (unpaired) electrons. The van der Waals surface area contributed by atoms with Gasteiger partial charge in [0.2, 0.25) is 0 Å². The Morgan fingerprint density at radius 3 is 2.36 bits per heavy atom. The fourth-order valence-corrected chi connectivity index (χ4v) is 4.47. The van der Waals surface area contributed by atoms with E-state index in [9.17, 15) is 4.79 Å². The molecule has 2 aliphatic heterocycles. The van der Waals surface area contributed by atoms with E-state index in [1.165, 1.54) is 19.5 Å². The van der Waals surface area contributed by atoms with Gasteiger partial charge < -0.3 is 19.9 Å². The van der Waals surface area contributed by atoms with Gasteiger partial charge in [-0.25, -0.2) is 0 Å². The highest BCUT2D eigenvalue weighted by molar-refractivity contribution is 14.0. The van der Waals surface area contributed by atoms with Crippen LogP contribution < -0.4 is 5.32 Å². The Kier molecular flexibility index (Phi) is 12.4. The summed E-state index contributed by atoms with van der Waals surface area (Å²) in [4.78, 5) is 21.7. The lowest BCUT2D eigenvalue weighted by Gasteiger charge is -2.35. The number of esters is 1. The normalized spacial score (nSPS) is 24.6. The van der Waals surface area contributed by atoms with Gasteiger partial charge >= 0.3 is 5.97 Å². The van der Waals surface area contributed by atoms with Crippen molar-refractivity contribution in [2.24, 2.45) is 22.7 Å². The van der Waals surface area contributed by atoms with Crippen molar-refractivity contribution in [2.45, 2.75) is 53.4 Å². The van der Waals surface area contributed by atoms with E-state index in [-0.39, 0.29) is 35.9 Å². The molecular formula is C21H41IN4O2. The standard InChI is InChI=1S/C21H40N4O2.HI/c1-5-22-21(25-12-8-19(9-13-25)20(26)27-6-2)23-10-7-11-24-15-17(3)14-18(4)16-24;/h17-19H,5-16H2,1-4H3,(H,22,23);1H. The van der Waals surface area contributed by atoms with Crippen LogP contribution in [-0.2, 0) is 9.53 Å². The third kappa shape index (κ3) is 8.43. The van der Waals surface area contributed by atoms with Crippen LogP contribution in [0.25, 0.3) is 0 Å². The highest BCUT2D eigenvalue weighted by Crippen LogP contribution is 2.21. The summed E-state index contributed by atoms with van der Waals surface area (Å²) in [6.07, 6.45) is 4.17. The maximum atomic E-state index is 11.9. The number of nitrogens with one attached hydrogen (secondary N) is 1. The first-order valence-corrected chi connectivity index (χ1v) is 11.0. The van der Waals surface area contributed by atoms with Gasteiger partial charge in [-0.15, -0.1) is 24.0 Å². The van der Waals surface area contributed by atoms with Crippen LogP contribution in [0.15, 0.2) is 4.99 Å². The zero-order valence-electron chi connectivity index (χ0n) is 18.3. The molecule has 6 nitrogen and oxygen atoms in total. The molecule has 0 bridgehead atoms. The Labute approximate surface area is 188 Å². The summed E-state index contributed by atoms with van der Waals surface area (Å²) in [7, 11) is 0. The van der Waals surface area contributed by atoms with Crippen molar-refractivity contribution in [3.05, 3.63) is 0 Å². The van der Waals surface area contributed by atoms with Gasteiger partial charge in [0.25, 0.3) is 0 Å². The number of carbonyl (C=O) groups is 1. The lowest BCUT2D eigenvalue weighted by atomic mass is 9.92. The largest absolute Gasteiger partial charge is 0.466 e. The number of ether oxygens (including phenoxy) is 1. The number of halogens is 1. The van der Waals surface area contributed by atoms with Gasteiger partial charge in [0.1, 0.15) is 0 Å². The summed E-state index contributed by atoms with van der Waals surface area (Å²) in [5.74, 6) is 2.64. The fraction of sp³-hybridized carbons (Fsp3) is 0.905. The van der Waals surface area contributed by atoms with Crippen molar-refractivity contribution < 1.29 is 9.53 Å². The maximum absolute atomic E-state index is 11.9. The second-order valence-corrected chi connectivity index (χ2v) is 8.31. The summed E-state index contributed by atoms with van der Waals surface area (Å²) in [5.41, 5.74) is 0. The van der Waals surface area contributed by atoms with Crippen LogP contribution >= 0.6 is 24.0 Å². The first-order chi connectivity index (χ1) is 13.0. The molecule has 0 spiro atoms. The van der Waals surface area contributed by atoms with Crippen molar-refractivity contribution in [1.29, 1.82) is 0 Å². The molecule has 28 heavy (non-hydrogen) atoms. The van der Waals surface area contributed by atoms with Crippen molar-refractivity contribution >= 4 is 35.9 Å². The summed E-state index contributed by atoms with van der Waals surface area (Å²) < 4.78 is 5.17. The molecule has 7 heteroatoms. The molecule has 2 fully saturated rings. The molecule has 0 aromatic carbocycles. The average molecular weight is 508 g/mol. The average Bonchev–Trinajstić information content (AvgIpc) is 2.64. The van der Waals surface area contributed by atoms with E-state index in [1.807, 2.05) is 6.92 Å². The molecule has 0 amide bonds. The number of carbonyl (C=O) groups excluding carboxylic acids is 1. The number of likely N-dealkylation sites (tertiary alicyclic amines) is 2. The minimum atomic E-state index is -0.0379. The molecule has 2 saturated heterocycles. The number of rotatable bonds is 7. The molecule has 2 unspecified atom stereocenters. The van der Waals surface area contributed by atoms with Gasteiger partial charge in [0.05, 0.1) is 12.5 Å². The van der Waals surface area contributed by atoms with Crippen molar-refractivity contribution in [3.63, 3.8) is 0 Å². The third-order valence-corrected chi connectivity index (χ3v) is 5.59. The Hall–Kier alpha value is -0.570. The van der Waals surface area contributed by atoms with E-state index in [2.05, 4.69) is 35.9 Å². The lowest BCUT2D eigenvalue weighted by molar-refractivity contribution is -0.149. The monoisotopic (exact) mass is 508 g/mol. The third-order valence-electron chi connectivity index (χ3n) is 5.59. The molecule has 2 rings (SSSR count). The Bertz CT molecular complexity index is 471. The number of guanidine groups is 1. The molecule has 1 N–H and O–H groups in total. The predicted molar refractivity (Wildman–Crippen MR) is 126 cm³/mol. The van der Waals surface area contributed by atoms with E-state index < -0.39 is 0 Å². The van der Waals surface area contributed by atoms with Crippen LogP contribution in [0.3, 0.4) is 0 Å². The van der Waals surface area contributed by atoms with E-state index in [0.29, 0.717) is 6.61 Å². The minimum absolute atomic E-state index is 0. The summed E-state index contributed by atoms with van der Waals surface area (Å²) >= 11 is 0. The fourth-order valence-electron chi connectivity index (χ4n) is 4.47. The van der Waals surface area contributed by atoms with Gasteiger partial charge in [-0.3, -0.25) is 9.79 Å². The number of piperidine rings is 2. The zero-order valence-corrected chi connectivity index (χ0v) is 20.6. The topological polar surface area (TPSA) is 57.2 Å². The smallest absolute Gasteiger partial charge is 0.309 e. The molecular weight excluding hydrogens is 467 g/mol. The van der Waals surface area contributed by atoms with Crippen LogP contribution in [0, 0.1) is 17.8 Å². The van der Waals surface area contributed by atoms with E-state index in [0.717, 1.165) is 69.8 Å². The molecule has 0 aliphatic carbocycles. The molecule has 0 aromatic heterocycles. The van der Waals surface area contributed by atoms with Crippen LogP contribution in [0.5, 0.6) is 0 Å². The van der Waals surface area contributed by atoms with E-state index in [4.69, 9.17) is 9.73 Å². The predicted octanol–water partition coefficient (Wildman–Crippen LogP) is 3.21. The first-order valence-electron chi connectivity index (χ1n) is 11.0. The maximum Gasteiger partial charge on any atom is 0.309 e. The summed E-state index contributed by atoms with van der Waals surface area (Å²) in [6, 6.07) is 0. The van der Waals surface area contributed by atoms with Gasteiger partial charge in [-0.1, -0.05) is 13.8 Å². The van der Waals surface area contributed by atoms with Gasteiger partial charge in [0.15, 0.2) is 5.96 Å². The summed E-state index contributed by atoms with van der Waals surface area (Å²) in [5, 5.41) is 3.42. The zero-order chi connectivity index (χ0) is 19.6. The van der Waals surface area contributed by atoms with Crippen LogP contribution in [-0.4, -0.2) is 74.1 Å². The van der Waals surface area contributed by atoms with E-state index >= 15 is 0 Å². The molecule has 2 aliphatic rings. The number of hydrogen-bond donors (Lipinski definition) is 1. The van der Waals surface area contributed by atoms with Crippen molar-refractivity contribution in [3.8, 4) is 0 Å². The molecule has 164 valence electrons. The molecule has 0 saturated carbocycles. The molecule has 2 heterocycles. The molecule has 2 atom stereocenters. The molecule has 0 aromatic rings. The van der Waals surface area contributed by atoms with Crippen molar-refractivity contribution in [1.82, 2.24) is 15.1 Å². The van der Waals surface area contributed by atoms with Gasteiger partial charge in [0, 0.05) is 39.3 Å². The summed E-state index contributed by atoms with van der Waals surface area (Å²) in [6.45, 7) is 16.3. The number of aliphatic imine (C=N–C) groups is 1. The number of hydrogen-bond acceptors (Lipinski definition) is 4. The second-order valence-electron chi connectivity index (χ2n) is 8.31. The van der Waals surface area contributed by atoms with Gasteiger partial charge in [-0.05, 0) is 57.9 Å². The minimum Gasteiger partial charge on any atom is -0.466 e. The lowest BCUT2D eigenvalue weighted by Crippen LogP contribution is -2.46. The number of nitrogens with zero attached hydrogens (tertiary/aromatic N) is 3. The second kappa shape index (κ2) is 13.6. The van der Waals surface area contributed by atoms with E-state index in [1.54, 1.807) is 0 Å². The van der Waals surface area contributed by atoms with Crippen LogP contribution in [0.4, 0.5) is 0 Å². The highest BCUT2D eigenvalue weighted by Gasteiger charge is 2.27. The first kappa shape index (κ1) is 25.5.